The highest BCUT2D eigenvalue weighted by molar-refractivity contribution is 7.92. The van der Waals surface area contributed by atoms with E-state index in [1.54, 1.807) is 0 Å². The minimum absolute atomic E-state index is 0.441. The molecule has 0 atom stereocenters. The molecular formula is C13H20N2O2S. The van der Waals surface area contributed by atoms with Gasteiger partial charge >= 0.3 is 0 Å². The predicted octanol–water partition coefficient (Wildman–Crippen LogP) is 1.83. The molecule has 1 aromatic carbocycles. The summed E-state index contributed by atoms with van der Waals surface area (Å²) in [4.78, 5) is 0. The number of benzene rings is 1. The molecule has 1 saturated heterocycles. The van der Waals surface area contributed by atoms with Crippen LogP contribution in [0.4, 0.5) is 5.69 Å². The maximum Gasteiger partial charge on any atom is 0.229 e. The van der Waals surface area contributed by atoms with Crippen molar-refractivity contribution < 1.29 is 8.42 Å². The molecule has 0 spiro atoms. The van der Waals surface area contributed by atoms with Crippen molar-refractivity contribution in [1.82, 2.24) is 5.32 Å². The molecule has 4 nitrogen and oxygen atoms in total. The Morgan fingerprint density at radius 3 is 2.56 bits per heavy atom. The van der Waals surface area contributed by atoms with Gasteiger partial charge in [-0.15, -0.1) is 0 Å². The van der Waals surface area contributed by atoms with Crippen molar-refractivity contribution in [2.75, 3.05) is 24.1 Å². The van der Waals surface area contributed by atoms with Crippen LogP contribution in [0.2, 0.25) is 0 Å². The summed E-state index contributed by atoms with van der Waals surface area (Å²) < 4.78 is 25.5. The normalized spacial score (nSPS) is 17.7. The Morgan fingerprint density at radius 1 is 1.28 bits per heavy atom. The van der Waals surface area contributed by atoms with Crippen molar-refractivity contribution in [3.8, 4) is 0 Å². The highest BCUT2D eigenvalue weighted by atomic mass is 32.2. The number of hydrogen-bond acceptors (Lipinski definition) is 3. The molecule has 2 rings (SSSR count). The summed E-state index contributed by atoms with van der Waals surface area (Å²) in [7, 11) is -3.22. The van der Waals surface area contributed by atoms with E-state index in [1.807, 2.05) is 19.1 Å². The third kappa shape index (κ3) is 3.46. The number of aryl methyl sites for hydroxylation is 1. The van der Waals surface area contributed by atoms with E-state index in [1.165, 1.54) is 6.26 Å². The molecule has 1 aromatic rings. The lowest BCUT2D eigenvalue weighted by Crippen LogP contribution is -2.27. The van der Waals surface area contributed by atoms with Crippen LogP contribution < -0.4 is 10.0 Å². The number of piperidine rings is 1. The molecule has 0 amide bonds. The van der Waals surface area contributed by atoms with Gasteiger partial charge in [0.15, 0.2) is 0 Å². The summed E-state index contributed by atoms with van der Waals surface area (Å²) in [5.41, 5.74) is 2.93. The number of nitrogens with one attached hydrogen (secondary N) is 2. The van der Waals surface area contributed by atoms with Gasteiger partial charge in [-0.3, -0.25) is 4.72 Å². The van der Waals surface area contributed by atoms with Gasteiger partial charge in [0.2, 0.25) is 10.0 Å². The van der Waals surface area contributed by atoms with Gasteiger partial charge in [0, 0.05) is 0 Å². The zero-order valence-electron chi connectivity index (χ0n) is 10.9. The Hall–Kier alpha value is -1.07. The number of hydrogen-bond donors (Lipinski definition) is 2. The van der Waals surface area contributed by atoms with Gasteiger partial charge in [-0.1, -0.05) is 12.1 Å². The standard InChI is InChI=1S/C13H20N2O2S/c1-10-3-4-12(11-5-7-14-8-6-11)13(9-10)15-18(2,16)17/h3-4,9,11,14-15H,5-8H2,1-2H3. The molecule has 100 valence electrons. The largest absolute Gasteiger partial charge is 0.317 e. The summed E-state index contributed by atoms with van der Waals surface area (Å²) in [6.45, 7) is 3.97. The van der Waals surface area contributed by atoms with Crippen LogP contribution in [0.5, 0.6) is 0 Å². The van der Waals surface area contributed by atoms with Gasteiger partial charge in [0.25, 0.3) is 0 Å². The van der Waals surface area contributed by atoms with Crippen LogP contribution in [-0.2, 0) is 10.0 Å². The second-order valence-corrected chi connectivity index (χ2v) is 6.74. The number of anilines is 1. The van der Waals surface area contributed by atoms with Crippen molar-refractivity contribution in [3.05, 3.63) is 29.3 Å². The molecule has 18 heavy (non-hydrogen) atoms. The van der Waals surface area contributed by atoms with Crippen LogP contribution in [-0.4, -0.2) is 27.8 Å². The topological polar surface area (TPSA) is 58.2 Å². The first-order valence-corrected chi connectivity index (χ1v) is 8.14. The van der Waals surface area contributed by atoms with E-state index in [9.17, 15) is 8.42 Å². The SMILES string of the molecule is Cc1ccc(C2CCNCC2)c(NS(C)(=O)=O)c1. The van der Waals surface area contributed by atoms with E-state index in [0.717, 1.165) is 42.7 Å². The van der Waals surface area contributed by atoms with Gasteiger partial charge in [0.05, 0.1) is 11.9 Å². The second-order valence-electron chi connectivity index (χ2n) is 4.99. The third-order valence-corrected chi connectivity index (χ3v) is 3.87. The van der Waals surface area contributed by atoms with Crippen molar-refractivity contribution >= 4 is 15.7 Å². The maximum atomic E-state index is 11.4. The molecule has 0 bridgehead atoms. The van der Waals surface area contributed by atoms with Crippen LogP contribution in [0.3, 0.4) is 0 Å². The molecule has 0 radical (unpaired) electrons. The molecule has 1 heterocycles. The molecule has 1 aliphatic rings. The lowest BCUT2D eigenvalue weighted by molar-refractivity contribution is 0.461. The molecule has 2 N–H and O–H groups in total. The molecule has 0 aliphatic carbocycles. The average Bonchev–Trinajstić information content (AvgIpc) is 2.28. The predicted molar refractivity (Wildman–Crippen MR) is 74.5 cm³/mol. The lowest BCUT2D eigenvalue weighted by Gasteiger charge is -2.25. The zero-order chi connectivity index (χ0) is 13.2. The second kappa shape index (κ2) is 5.28. The molecule has 5 heteroatoms. The summed E-state index contributed by atoms with van der Waals surface area (Å²) in [6, 6.07) is 6.02. The summed E-state index contributed by atoms with van der Waals surface area (Å²) in [6.07, 6.45) is 3.31. The number of rotatable bonds is 3. The Bertz CT molecular complexity index is 520. The quantitative estimate of drug-likeness (QED) is 0.879. The van der Waals surface area contributed by atoms with E-state index < -0.39 is 10.0 Å². The molecular weight excluding hydrogens is 248 g/mol. The van der Waals surface area contributed by atoms with Crippen molar-refractivity contribution in [3.63, 3.8) is 0 Å². The van der Waals surface area contributed by atoms with Gasteiger partial charge in [0.1, 0.15) is 0 Å². The van der Waals surface area contributed by atoms with Crippen molar-refractivity contribution in [1.29, 1.82) is 0 Å². The van der Waals surface area contributed by atoms with E-state index in [4.69, 9.17) is 0 Å². The van der Waals surface area contributed by atoms with Crippen molar-refractivity contribution in [2.24, 2.45) is 0 Å². The summed E-state index contributed by atoms with van der Waals surface area (Å²) >= 11 is 0. The molecule has 1 fully saturated rings. The smallest absolute Gasteiger partial charge is 0.229 e. The summed E-state index contributed by atoms with van der Waals surface area (Å²) in [5.74, 6) is 0.441. The third-order valence-electron chi connectivity index (χ3n) is 3.28. The summed E-state index contributed by atoms with van der Waals surface area (Å²) in [5, 5.41) is 3.32. The molecule has 0 unspecified atom stereocenters. The Morgan fingerprint density at radius 2 is 1.94 bits per heavy atom. The van der Waals surface area contributed by atoms with Crippen LogP contribution in [0.1, 0.15) is 29.9 Å². The van der Waals surface area contributed by atoms with Gasteiger partial charge < -0.3 is 5.32 Å². The molecule has 0 aromatic heterocycles. The Labute approximate surface area is 109 Å². The van der Waals surface area contributed by atoms with Gasteiger partial charge in [-0.05, 0) is 56.0 Å². The first kappa shape index (κ1) is 13.4. The fourth-order valence-electron chi connectivity index (χ4n) is 2.45. The first-order chi connectivity index (χ1) is 8.46. The Kier molecular flexibility index (Phi) is 3.92. The van der Waals surface area contributed by atoms with E-state index in [-0.39, 0.29) is 0 Å². The highest BCUT2D eigenvalue weighted by Gasteiger charge is 2.19. The van der Waals surface area contributed by atoms with Crippen LogP contribution in [0.15, 0.2) is 18.2 Å². The monoisotopic (exact) mass is 268 g/mol. The van der Waals surface area contributed by atoms with Crippen LogP contribution >= 0.6 is 0 Å². The highest BCUT2D eigenvalue weighted by Crippen LogP contribution is 2.32. The van der Waals surface area contributed by atoms with Crippen LogP contribution in [0, 0.1) is 6.92 Å². The first-order valence-electron chi connectivity index (χ1n) is 6.25. The van der Waals surface area contributed by atoms with Gasteiger partial charge in [-0.25, -0.2) is 8.42 Å². The lowest BCUT2D eigenvalue weighted by atomic mass is 9.88. The fourth-order valence-corrected chi connectivity index (χ4v) is 3.02. The minimum Gasteiger partial charge on any atom is -0.317 e. The maximum absolute atomic E-state index is 11.4. The van der Waals surface area contributed by atoms with E-state index in [2.05, 4.69) is 16.1 Å². The average molecular weight is 268 g/mol. The molecule has 0 saturated carbocycles. The van der Waals surface area contributed by atoms with E-state index >= 15 is 0 Å². The van der Waals surface area contributed by atoms with Crippen LogP contribution in [0.25, 0.3) is 0 Å². The minimum atomic E-state index is -3.22. The molecule has 1 aliphatic heterocycles. The van der Waals surface area contributed by atoms with Crippen molar-refractivity contribution in [2.45, 2.75) is 25.7 Å². The Balaban J connectivity index is 2.33. The fraction of sp³-hybridized carbons (Fsp3) is 0.538. The zero-order valence-corrected chi connectivity index (χ0v) is 11.7. The number of sulfonamides is 1. The van der Waals surface area contributed by atoms with E-state index in [0.29, 0.717) is 5.92 Å². The van der Waals surface area contributed by atoms with Gasteiger partial charge in [-0.2, -0.15) is 0 Å².